The van der Waals surface area contributed by atoms with Crippen molar-refractivity contribution < 1.29 is 18.7 Å². The number of amides is 1. The van der Waals surface area contributed by atoms with E-state index in [0.717, 1.165) is 36.8 Å². The lowest BCUT2D eigenvalue weighted by Crippen LogP contribution is -2.31. The van der Waals surface area contributed by atoms with E-state index in [9.17, 15) is 9.59 Å². The Labute approximate surface area is 234 Å². The molecule has 0 saturated heterocycles. The van der Waals surface area contributed by atoms with Gasteiger partial charge in [0.1, 0.15) is 0 Å². The summed E-state index contributed by atoms with van der Waals surface area (Å²) in [7, 11) is 1.39. The van der Waals surface area contributed by atoms with E-state index in [1.807, 2.05) is 42.5 Å². The summed E-state index contributed by atoms with van der Waals surface area (Å²) >= 11 is 0. The minimum absolute atomic E-state index is 0.0894. The van der Waals surface area contributed by atoms with Crippen LogP contribution in [0.25, 0.3) is 27.4 Å². The number of oxazole rings is 1. The molecular formula is C33H33N3O4. The Morgan fingerprint density at radius 2 is 1.70 bits per heavy atom. The van der Waals surface area contributed by atoms with Crippen LogP contribution in [0.1, 0.15) is 83.2 Å². The quantitative estimate of drug-likeness (QED) is 0.194. The molecule has 0 spiro atoms. The number of rotatable bonds is 7. The zero-order chi connectivity index (χ0) is 28.2. The SMILES string of the molecule is [C-]#[N+]c1cc(C(C)C)c2oc(-c3ccc(C(=O)NCC4CCC(c5ccc(C(=O)OC)cc5)CC4)cc3)nc2c1. The van der Waals surface area contributed by atoms with Crippen LogP contribution in [-0.2, 0) is 4.74 Å². The van der Waals surface area contributed by atoms with Crippen LogP contribution in [0.4, 0.5) is 5.69 Å². The van der Waals surface area contributed by atoms with Gasteiger partial charge >= 0.3 is 5.97 Å². The van der Waals surface area contributed by atoms with Gasteiger partial charge in [-0.3, -0.25) is 4.79 Å². The van der Waals surface area contributed by atoms with E-state index in [2.05, 4.69) is 29.0 Å². The van der Waals surface area contributed by atoms with Crippen LogP contribution < -0.4 is 5.32 Å². The number of carbonyl (C=O) groups excluding carboxylic acids is 2. The van der Waals surface area contributed by atoms with E-state index in [0.29, 0.717) is 52.2 Å². The Balaban J connectivity index is 1.16. The first-order valence-corrected chi connectivity index (χ1v) is 13.7. The maximum atomic E-state index is 12.8. The van der Waals surface area contributed by atoms with Gasteiger partial charge in [-0.2, -0.15) is 0 Å². The third-order valence-electron chi connectivity index (χ3n) is 7.85. The Morgan fingerprint density at radius 1 is 1.02 bits per heavy atom. The van der Waals surface area contributed by atoms with Crippen molar-refractivity contribution in [3.63, 3.8) is 0 Å². The summed E-state index contributed by atoms with van der Waals surface area (Å²) in [5.41, 5.74) is 6.08. The Morgan fingerprint density at radius 3 is 2.33 bits per heavy atom. The number of hydrogen-bond donors (Lipinski definition) is 1. The zero-order valence-electron chi connectivity index (χ0n) is 23.1. The average molecular weight is 536 g/mol. The maximum Gasteiger partial charge on any atom is 0.337 e. The van der Waals surface area contributed by atoms with Crippen LogP contribution in [0, 0.1) is 12.5 Å². The van der Waals surface area contributed by atoms with Gasteiger partial charge in [-0.15, -0.1) is 0 Å². The first kappa shape index (κ1) is 27.1. The normalized spacial score (nSPS) is 17.0. The second-order valence-electron chi connectivity index (χ2n) is 10.8. The molecule has 7 heteroatoms. The summed E-state index contributed by atoms with van der Waals surface area (Å²) in [5.74, 6) is 1.19. The van der Waals surface area contributed by atoms with Crippen molar-refractivity contribution in [1.82, 2.24) is 10.3 Å². The van der Waals surface area contributed by atoms with Crippen LogP contribution in [-0.4, -0.2) is 30.5 Å². The highest BCUT2D eigenvalue weighted by molar-refractivity contribution is 5.94. The van der Waals surface area contributed by atoms with Gasteiger partial charge in [0.05, 0.1) is 24.8 Å². The van der Waals surface area contributed by atoms with Gasteiger partial charge in [-0.25, -0.2) is 14.6 Å². The predicted octanol–water partition coefficient (Wildman–Crippen LogP) is 7.66. The molecule has 7 nitrogen and oxygen atoms in total. The molecule has 4 aromatic rings. The minimum Gasteiger partial charge on any atom is -0.465 e. The van der Waals surface area contributed by atoms with Gasteiger partial charge in [0, 0.05) is 17.7 Å². The lowest BCUT2D eigenvalue weighted by molar-refractivity contribution is 0.0600. The summed E-state index contributed by atoms with van der Waals surface area (Å²) in [6.07, 6.45) is 4.22. The van der Waals surface area contributed by atoms with Crippen LogP contribution >= 0.6 is 0 Å². The number of benzene rings is 3. The molecule has 1 fully saturated rings. The number of hydrogen-bond acceptors (Lipinski definition) is 5. The number of fused-ring (bicyclic) bond motifs is 1. The fraction of sp³-hybridized carbons (Fsp3) is 0.333. The number of nitrogens with one attached hydrogen (secondary N) is 1. The molecule has 1 aliphatic rings. The molecule has 1 saturated carbocycles. The summed E-state index contributed by atoms with van der Waals surface area (Å²) in [5, 5.41) is 3.11. The number of ether oxygens (including phenoxy) is 1. The molecule has 1 aliphatic carbocycles. The molecule has 3 aromatic carbocycles. The number of nitrogens with zero attached hydrogens (tertiary/aromatic N) is 2. The van der Waals surface area contributed by atoms with Crippen LogP contribution in [0.3, 0.4) is 0 Å². The highest BCUT2D eigenvalue weighted by atomic mass is 16.5. The monoisotopic (exact) mass is 535 g/mol. The zero-order valence-corrected chi connectivity index (χ0v) is 23.1. The van der Waals surface area contributed by atoms with Crippen molar-refractivity contribution >= 4 is 28.7 Å². The fourth-order valence-electron chi connectivity index (χ4n) is 5.47. The van der Waals surface area contributed by atoms with E-state index in [-0.39, 0.29) is 17.8 Å². The standard InChI is InChI=1S/C33H33N3O4/c1-20(2)28-17-27(34-3)18-29-30(28)40-32(36-29)25-13-11-24(12-14-25)31(37)35-19-21-5-7-22(8-6-21)23-9-15-26(16-10-23)33(38)39-4/h9-18,20-22H,5-8,19H2,1-2,4H3,(H,35,37). The van der Waals surface area contributed by atoms with E-state index >= 15 is 0 Å². The smallest absolute Gasteiger partial charge is 0.337 e. The summed E-state index contributed by atoms with van der Waals surface area (Å²) in [4.78, 5) is 32.7. The van der Waals surface area contributed by atoms with Crippen molar-refractivity contribution in [3.05, 3.63) is 94.3 Å². The molecule has 204 valence electrons. The first-order chi connectivity index (χ1) is 19.4. The Kier molecular flexibility index (Phi) is 7.97. The summed E-state index contributed by atoms with van der Waals surface area (Å²) < 4.78 is 10.9. The molecule has 0 atom stereocenters. The Hall–Kier alpha value is -4.44. The third kappa shape index (κ3) is 5.76. The van der Waals surface area contributed by atoms with Crippen LogP contribution in [0.15, 0.2) is 65.1 Å². The number of esters is 1. The molecule has 5 rings (SSSR count). The predicted molar refractivity (Wildman–Crippen MR) is 155 cm³/mol. The topological polar surface area (TPSA) is 85.8 Å². The molecule has 0 unspecified atom stereocenters. The highest BCUT2D eigenvalue weighted by Crippen LogP contribution is 2.36. The van der Waals surface area contributed by atoms with Crippen molar-refractivity contribution in [2.24, 2.45) is 5.92 Å². The first-order valence-electron chi connectivity index (χ1n) is 13.7. The number of aromatic nitrogens is 1. The van der Waals surface area contributed by atoms with Crippen molar-refractivity contribution in [3.8, 4) is 11.5 Å². The van der Waals surface area contributed by atoms with Gasteiger partial charge in [-0.05, 0) is 103 Å². The maximum absolute atomic E-state index is 12.8. The number of carbonyl (C=O) groups is 2. The second-order valence-corrected chi connectivity index (χ2v) is 10.8. The van der Waals surface area contributed by atoms with Crippen molar-refractivity contribution in [1.29, 1.82) is 0 Å². The van der Waals surface area contributed by atoms with Crippen molar-refractivity contribution in [2.75, 3.05) is 13.7 Å². The summed E-state index contributed by atoms with van der Waals surface area (Å²) in [6.45, 7) is 12.2. The van der Waals surface area contributed by atoms with Gasteiger partial charge in [-0.1, -0.05) is 26.0 Å². The minimum atomic E-state index is -0.317. The third-order valence-corrected chi connectivity index (χ3v) is 7.85. The van der Waals surface area contributed by atoms with Gasteiger partial charge in [0.25, 0.3) is 5.91 Å². The molecule has 40 heavy (non-hydrogen) atoms. The summed E-state index contributed by atoms with van der Waals surface area (Å²) in [6, 6.07) is 18.6. The van der Waals surface area contributed by atoms with E-state index in [1.165, 1.54) is 12.7 Å². The van der Waals surface area contributed by atoms with Crippen LogP contribution in [0.2, 0.25) is 0 Å². The molecule has 0 bridgehead atoms. The van der Waals surface area contributed by atoms with Crippen LogP contribution in [0.5, 0.6) is 0 Å². The van der Waals surface area contributed by atoms with E-state index < -0.39 is 0 Å². The van der Waals surface area contributed by atoms with Gasteiger partial charge in [0.2, 0.25) is 5.89 Å². The Bertz CT molecular complexity index is 1550. The second kappa shape index (κ2) is 11.7. The largest absolute Gasteiger partial charge is 0.465 e. The lowest BCUT2D eigenvalue weighted by atomic mass is 9.78. The van der Waals surface area contributed by atoms with Crippen molar-refractivity contribution in [2.45, 2.75) is 51.4 Å². The highest BCUT2D eigenvalue weighted by Gasteiger charge is 2.23. The molecule has 1 aromatic heterocycles. The van der Waals surface area contributed by atoms with E-state index in [1.54, 1.807) is 18.2 Å². The lowest BCUT2D eigenvalue weighted by Gasteiger charge is -2.29. The van der Waals surface area contributed by atoms with Gasteiger partial charge < -0.3 is 14.5 Å². The molecule has 0 radical (unpaired) electrons. The molecule has 1 amide bonds. The fourth-order valence-corrected chi connectivity index (χ4v) is 5.47. The average Bonchev–Trinajstić information content (AvgIpc) is 3.43. The molecule has 0 aliphatic heterocycles. The molecule has 1 heterocycles. The van der Waals surface area contributed by atoms with E-state index in [4.69, 9.17) is 15.7 Å². The molecule has 1 N–H and O–H groups in total. The van der Waals surface area contributed by atoms with Gasteiger partial charge in [0.15, 0.2) is 11.3 Å². The molecular weight excluding hydrogens is 502 g/mol. The number of methoxy groups -OCH3 is 1.